The van der Waals surface area contributed by atoms with Crippen LogP contribution in [0.15, 0.2) is 39.4 Å². The maximum atomic E-state index is 6.42. The normalized spacial score (nSPS) is 14.0. The van der Waals surface area contributed by atoms with Crippen LogP contribution in [-0.2, 0) is 23.2 Å². The van der Waals surface area contributed by atoms with Crippen molar-refractivity contribution in [3.63, 3.8) is 0 Å². The van der Waals surface area contributed by atoms with E-state index in [1.165, 1.54) is 15.0 Å². The van der Waals surface area contributed by atoms with Crippen LogP contribution in [0.3, 0.4) is 0 Å². The minimum absolute atomic E-state index is 0. The summed E-state index contributed by atoms with van der Waals surface area (Å²) >= 11 is -1.94. The van der Waals surface area contributed by atoms with E-state index < -0.39 is 25.9 Å². The standard InChI is InChI=1S/C11H16O.C8H13Si.CH2.2ClH.Ti/c1-8-5-9(11(2,3)4)7-10(12)6-8;1-9(2,3)8-6-4-5-7-8;;;;/h5-7,12H,1-4H3;4,6H,5H2,1-3H3;1H2;2*1H;/q;;;;;+1/p-1. The average Bonchev–Trinajstić information content (AvgIpc) is 2.85. The fourth-order valence-electron chi connectivity index (χ4n) is 2.92. The molecule has 0 saturated heterocycles. The Morgan fingerprint density at radius 1 is 1.08 bits per heavy atom. The molecule has 0 saturated carbocycles. The summed E-state index contributed by atoms with van der Waals surface area (Å²) in [6.07, 6.45) is 5.68. The second kappa shape index (κ2) is 9.19. The molecular formula is C20H32Cl2OSiTi. The topological polar surface area (TPSA) is 9.23 Å². The van der Waals surface area contributed by atoms with Crippen LogP contribution in [-0.4, -0.2) is 12.9 Å². The van der Waals surface area contributed by atoms with E-state index in [-0.39, 0.29) is 30.2 Å². The molecule has 25 heavy (non-hydrogen) atoms. The molecule has 0 aromatic heterocycles. The third kappa shape index (κ3) is 6.52. The van der Waals surface area contributed by atoms with Gasteiger partial charge in [0.2, 0.25) is 0 Å². The summed E-state index contributed by atoms with van der Waals surface area (Å²) in [5, 5.41) is 1.58. The fourth-order valence-corrected chi connectivity index (χ4v) is 8.83. The SMILES string of the molecule is Cl.Cl.[CH2]=[Ti]([O]c1cc(C)cc(C(C)(C)C)c1)[C]1=C([Si](C)(C)C)C=CC1. The fraction of sp³-hybridized carbons (Fsp3) is 0.450. The van der Waals surface area contributed by atoms with Gasteiger partial charge >= 0.3 is 149 Å². The summed E-state index contributed by atoms with van der Waals surface area (Å²) in [4.78, 5) is 4.47. The summed E-state index contributed by atoms with van der Waals surface area (Å²) < 4.78 is 7.95. The first-order chi connectivity index (χ1) is 10.5. The maximum absolute atomic E-state index is 6.42. The van der Waals surface area contributed by atoms with Crippen LogP contribution >= 0.6 is 24.8 Å². The molecule has 140 valence electrons. The Kier molecular flexibility index (Phi) is 9.15. The Morgan fingerprint density at radius 2 is 1.68 bits per heavy atom. The number of hydrogen-bond donors (Lipinski definition) is 0. The van der Waals surface area contributed by atoms with Crippen LogP contribution in [0.5, 0.6) is 5.75 Å². The molecule has 1 aromatic rings. The Bertz CT molecular complexity index is 695. The van der Waals surface area contributed by atoms with E-state index in [0.717, 1.165) is 12.2 Å². The third-order valence-corrected chi connectivity index (χ3v) is 9.25. The van der Waals surface area contributed by atoms with E-state index >= 15 is 0 Å². The summed E-state index contributed by atoms with van der Waals surface area (Å²) in [6.45, 7) is 16.1. The molecule has 5 heteroatoms. The van der Waals surface area contributed by atoms with Crippen molar-refractivity contribution in [3.05, 3.63) is 50.6 Å². The van der Waals surface area contributed by atoms with Gasteiger partial charge in [-0.25, -0.2) is 0 Å². The van der Waals surface area contributed by atoms with Crippen molar-refractivity contribution >= 4 is 37.7 Å². The van der Waals surface area contributed by atoms with Crippen LogP contribution in [0.1, 0.15) is 38.3 Å². The van der Waals surface area contributed by atoms with Gasteiger partial charge in [0.1, 0.15) is 0 Å². The number of hydrogen-bond acceptors (Lipinski definition) is 1. The number of halogens is 2. The first-order valence-electron chi connectivity index (χ1n) is 8.38. The molecule has 0 unspecified atom stereocenters. The van der Waals surface area contributed by atoms with Gasteiger partial charge in [0.25, 0.3) is 0 Å². The van der Waals surface area contributed by atoms with Gasteiger partial charge in [-0.2, -0.15) is 0 Å². The number of allylic oxidation sites excluding steroid dienone is 4. The molecule has 1 aliphatic carbocycles. The summed E-state index contributed by atoms with van der Waals surface area (Å²) in [5.74, 6) is 1.01. The molecule has 0 amide bonds. The number of rotatable bonds is 4. The van der Waals surface area contributed by atoms with Crippen LogP contribution in [0.2, 0.25) is 19.6 Å². The minimum atomic E-state index is -1.94. The number of aryl methyl sites for hydroxylation is 1. The van der Waals surface area contributed by atoms with Crippen molar-refractivity contribution in [1.82, 2.24) is 0 Å². The molecule has 0 radical (unpaired) electrons. The van der Waals surface area contributed by atoms with Gasteiger partial charge in [-0.05, 0) is 0 Å². The van der Waals surface area contributed by atoms with Gasteiger partial charge in [0.05, 0.1) is 0 Å². The second-order valence-corrected chi connectivity index (χ2v) is 16.2. The predicted octanol–water partition coefficient (Wildman–Crippen LogP) is 6.57. The number of benzene rings is 1. The molecule has 0 aliphatic heterocycles. The molecule has 0 heterocycles. The zero-order valence-corrected chi connectivity index (χ0v) is 20.7. The zero-order chi connectivity index (χ0) is 17.4. The van der Waals surface area contributed by atoms with Gasteiger partial charge < -0.3 is 0 Å². The predicted molar refractivity (Wildman–Crippen MR) is 116 cm³/mol. The van der Waals surface area contributed by atoms with Crippen molar-refractivity contribution in [2.24, 2.45) is 0 Å². The van der Waals surface area contributed by atoms with E-state index in [1.807, 2.05) is 0 Å². The Morgan fingerprint density at radius 3 is 2.20 bits per heavy atom. The molecule has 0 atom stereocenters. The average molecular weight is 435 g/mol. The molecular weight excluding hydrogens is 403 g/mol. The van der Waals surface area contributed by atoms with Gasteiger partial charge in [0.15, 0.2) is 0 Å². The van der Waals surface area contributed by atoms with Crippen LogP contribution in [0.25, 0.3) is 0 Å². The van der Waals surface area contributed by atoms with E-state index in [4.69, 9.17) is 3.32 Å². The molecule has 0 spiro atoms. The molecule has 0 bridgehead atoms. The molecule has 2 rings (SSSR count). The van der Waals surface area contributed by atoms with Crippen LogP contribution < -0.4 is 3.32 Å². The van der Waals surface area contributed by atoms with E-state index in [1.54, 1.807) is 5.20 Å². The van der Waals surface area contributed by atoms with Gasteiger partial charge in [-0.3, -0.25) is 0 Å². The van der Waals surface area contributed by atoms with Crippen molar-refractivity contribution < 1.29 is 21.1 Å². The first-order valence-corrected chi connectivity index (χ1v) is 14.4. The zero-order valence-electron chi connectivity index (χ0n) is 16.5. The summed E-state index contributed by atoms with van der Waals surface area (Å²) in [6, 6.07) is 6.63. The van der Waals surface area contributed by atoms with E-state index in [2.05, 4.69) is 82.5 Å². The third-order valence-electron chi connectivity index (χ3n) is 4.23. The summed E-state index contributed by atoms with van der Waals surface area (Å²) in [7, 11) is -1.30. The van der Waals surface area contributed by atoms with E-state index in [9.17, 15) is 0 Å². The monoisotopic (exact) mass is 434 g/mol. The van der Waals surface area contributed by atoms with Crippen LogP contribution in [0, 0.1) is 6.92 Å². The Hall–Kier alpha value is -0.119. The Balaban J connectivity index is 0.00000288. The molecule has 1 aromatic carbocycles. The molecule has 0 fully saturated rings. The van der Waals surface area contributed by atoms with E-state index in [0.29, 0.717) is 0 Å². The van der Waals surface area contributed by atoms with Crippen molar-refractivity contribution in [2.75, 3.05) is 0 Å². The molecule has 0 N–H and O–H groups in total. The second-order valence-electron chi connectivity index (χ2n) is 8.56. The van der Waals surface area contributed by atoms with Crippen molar-refractivity contribution in [3.8, 4) is 5.75 Å². The molecule has 1 aliphatic rings. The van der Waals surface area contributed by atoms with Crippen LogP contribution in [0.4, 0.5) is 0 Å². The Labute approximate surface area is 173 Å². The first kappa shape index (κ1) is 24.9. The van der Waals surface area contributed by atoms with Gasteiger partial charge in [-0.15, -0.1) is 24.8 Å². The molecule has 1 nitrogen and oxygen atoms in total. The van der Waals surface area contributed by atoms with Gasteiger partial charge in [-0.1, -0.05) is 0 Å². The van der Waals surface area contributed by atoms with Gasteiger partial charge in [0, 0.05) is 0 Å². The van der Waals surface area contributed by atoms with Crippen molar-refractivity contribution in [1.29, 1.82) is 0 Å². The van der Waals surface area contributed by atoms with Crippen molar-refractivity contribution in [2.45, 2.75) is 59.2 Å². The summed E-state index contributed by atoms with van der Waals surface area (Å²) in [5.41, 5.74) is 2.74. The quantitative estimate of drug-likeness (QED) is 0.486.